The summed E-state index contributed by atoms with van der Waals surface area (Å²) in [7, 11) is 0. The molecule has 0 aliphatic heterocycles. The molecule has 1 aromatic carbocycles. The van der Waals surface area contributed by atoms with Crippen LogP contribution in [0.3, 0.4) is 0 Å². The van der Waals surface area contributed by atoms with Crippen LogP contribution in [0.15, 0.2) is 18.2 Å². The highest BCUT2D eigenvalue weighted by Crippen LogP contribution is 2.17. The summed E-state index contributed by atoms with van der Waals surface area (Å²) < 4.78 is 18.8. The van der Waals surface area contributed by atoms with E-state index in [2.05, 4.69) is 6.92 Å². The predicted molar refractivity (Wildman–Crippen MR) is 67.3 cm³/mol. The molecule has 0 amide bonds. The van der Waals surface area contributed by atoms with Crippen LogP contribution < -0.4 is 10.5 Å². The van der Waals surface area contributed by atoms with Gasteiger partial charge in [0.2, 0.25) is 0 Å². The zero-order valence-corrected chi connectivity index (χ0v) is 10.1. The minimum Gasteiger partial charge on any atom is -0.493 e. The third-order valence-corrected chi connectivity index (χ3v) is 2.44. The molecule has 0 aliphatic carbocycles. The van der Waals surface area contributed by atoms with Crippen molar-refractivity contribution in [3.05, 3.63) is 29.6 Å². The van der Waals surface area contributed by atoms with Crippen molar-refractivity contribution in [3.63, 3.8) is 0 Å². The molecule has 1 rings (SSSR count). The fourth-order valence-corrected chi connectivity index (χ4v) is 1.49. The van der Waals surface area contributed by atoms with Gasteiger partial charge in [0.15, 0.2) is 0 Å². The Hall–Kier alpha value is -1.16. The minimum absolute atomic E-state index is 0.0648. The van der Waals surface area contributed by atoms with Crippen molar-refractivity contribution in [2.75, 3.05) is 6.61 Å². The molecule has 1 aromatic rings. The maximum atomic E-state index is 13.4. The molecular formula is C12H16FNOS. The quantitative estimate of drug-likeness (QED) is 0.614. The van der Waals surface area contributed by atoms with E-state index in [9.17, 15) is 4.39 Å². The molecule has 0 aromatic heterocycles. The van der Waals surface area contributed by atoms with Crippen molar-refractivity contribution in [1.82, 2.24) is 0 Å². The molecule has 16 heavy (non-hydrogen) atoms. The topological polar surface area (TPSA) is 35.2 Å². The molecule has 0 atom stereocenters. The lowest BCUT2D eigenvalue weighted by molar-refractivity contribution is 0.305. The highest BCUT2D eigenvalue weighted by Gasteiger charge is 2.06. The molecule has 0 unspecified atom stereocenters. The first-order valence-corrected chi connectivity index (χ1v) is 5.78. The summed E-state index contributed by atoms with van der Waals surface area (Å²) in [6.07, 6.45) is 3.24. The van der Waals surface area contributed by atoms with Crippen LogP contribution in [-0.4, -0.2) is 11.6 Å². The highest BCUT2D eigenvalue weighted by atomic mass is 32.1. The van der Waals surface area contributed by atoms with Gasteiger partial charge in [0.25, 0.3) is 0 Å². The molecule has 4 heteroatoms. The number of rotatable bonds is 6. The van der Waals surface area contributed by atoms with E-state index in [0.29, 0.717) is 12.4 Å². The first-order chi connectivity index (χ1) is 7.65. The number of hydrogen-bond donors (Lipinski definition) is 1. The number of ether oxygens (including phenoxy) is 1. The fraction of sp³-hybridized carbons (Fsp3) is 0.417. The van der Waals surface area contributed by atoms with Crippen LogP contribution >= 0.6 is 12.2 Å². The Bertz CT molecular complexity index is 368. The van der Waals surface area contributed by atoms with Gasteiger partial charge in [-0.25, -0.2) is 4.39 Å². The van der Waals surface area contributed by atoms with Crippen LogP contribution in [0.4, 0.5) is 4.39 Å². The van der Waals surface area contributed by atoms with E-state index in [-0.39, 0.29) is 10.6 Å². The molecular weight excluding hydrogens is 225 g/mol. The zero-order valence-electron chi connectivity index (χ0n) is 9.33. The van der Waals surface area contributed by atoms with Crippen molar-refractivity contribution in [2.24, 2.45) is 5.73 Å². The van der Waals surface area contributed by atoms with Crippen molar-refractivity contribution in [1.29, 1.82) is 0 Å². The average molecular weight is 241 g/mol. The average Bonchev–Trinajstić information content (AvgIpc) is 2.24. The number of benzene rings is 1. The number of thiocarbonyl (C=S) groups is 1. The Morgan fingerprint density at radius 3 is 2.75 bits per heavy atom. The molecule has 0 fully saturated rings. The second kappa shape index (κ2) is 6.43. The van der Waals surface area contributed by atoms with Gasteiger partial charge >= 0.3 is 0 Å². The van der Waals surface area contributed by atoms with Gasteiger partial charge in [0, 0.05) is 11.6 Å². The molecule has 0 spiro atoms. The second-order valence-electron chi connectivity index (χ2n) is 3.56. The SMILES string of the molecule is CCCCCOc1ccc(C(N)=S)c(F)c1. The lowest BCUT2D eigenvalue weighted by atomic mass is 10.2. The lowest BCUT2D eigenvalue weighted by Crippen LogP contribution is -2.11. The molecule has 88 valence electrons. The molecule has 0 bridgehead atoms. The van der Waals surface area contributed by atoms with Gasteiger partial charge in [-0.1, -0.05) is 32.0 Å². The van der Waals surface area contributed by atoms with Crippen molar-refractivity contribution in [3.8, 4) is 5.75 Å². The third kappa shape index (κ3) is 3.77. The number of unbranched alkanes of at least 4 members (excludes halogenated alkanes) is 2. The van der Waals surface area contributed by atoms with Crippen LogP contribution in [0.1, 0.15) is 31.7 Å². The molecule has 0 radical (unpaired) electrons. The van der Waals surface area contributed by atoms with Crippen molar-refractivity contribution in [2.45, 2.75) is 26.2 Å². The smallest absolute Gasteiger partial charge is 0.137 e. The monoisotopic (exact) mass is 241 g/mol. The van der Waals surface area contributed by atoms with Gasteiger partial charge in [-0.15, -0.1) is 0 Å². The maximum absolute atomic E-state index is 13.4. The highest BCUT2D eigenvalue weighted by molar-refractivity contribution is 7.80. The van der Waals surface area contributed by atoms with E-state index in [1.807, 2.05) is 0 Å². The summed E-state index contributed by atoms with van der Waals surface area (Å²) in [4.78, 5) is 0.0648. The van der Waals surface area contributed by atoms with Gasteiger partial charge in [0.05, 0.1) is 6.61 Å². The van der Waals surface area contributed by atoms with Crippen LogP contribution in [0.25, 0.3) is 0 Å². The van der Waals surface area contributed by atoms with Gasteiger partial charge < -0.3 is 10.5 Å². The molecule has 2 N–H and O–H groups in total. The largest absolute Gasteiger partial charge is 0.493 e. The van der Waals surface area contributed by atoms with Crippen LogP contribution in [0.5, 0.6) is 5.75 Å². The summed E-state index contributed by atoms with van der Waals surface area (Å²) in [6.45, 7) is 2.73. The van der Waals surface area contributed by atoms with Crippen molar-refractivity contribution >= 4 is 17.2 Å². The summed E-state index contributed by atoms with van der Waals surface area (Å²) >= 11 is 4.71. The first kappa shape index (κ1) is 12.9. The first-order valence-electron chi connectivity index (χ1n) is 5.37. The molecule has 0 saturated heterocycles. The van der Waals surface area contributed by atoms with E-state index in [4.69, 9.17) is 22.7 Å². The summed E-state index contributed by atoms with van der Waals surface area (Å²) in [5.74, 6) is 0.0918. The van der Waals surface area contributed by atoms with Crippen LogP contribution in [0, 0.1) is 5.82 Å². The van der Waals surface area contributed by atoms with Gasteiger partial charge in [-0.3, -0.25) is 0 Å². The summed E-state index contributed by atoms with van der Waals surface area (Å²) in [5, 5.41) is 0. The van der Waals surface area contributed by atoms with Crippen LogP contribution in [0.2, 0.25) is 0 Å². The van der Waals surface area contributed by atoms with E-state index in [1.165, 1.54) is 6.07 Å². The van der Waals surface area contributed by atoms with Crippen molar-refractivity contribution < 1.29 is 9.13 Å². The zero-order chi connectivity index (χ0) is 12.0. The van der Waals surface area contributed by atoms with Gasteiger partial charge in [0.1, 0.15) is 16.6 Å². The number of hydrogen-bond acceptors (Lipinski definition) is 2. The molecule has 0 heterocycles. The molecule has 0 aliphatic rings. The summed E-state index contributed by atoms with van der Waals surface area (Å²) in [6, 6.07) is 4.55. The molecule has 0 saturated carbocycles. The Morgan fingerprint density at radius 1 is 1.44 bits per heavy atom. The Labute approximate surface area is 101 Å². The van der Waals surface area contributed by atoms with Crippen LogP contribution in [-0.2, 0) is 0 Å². The normalized spacial score (nSPS) is 10.1. The number of nitrogens with two attached hydrogens (primary N) is 1. The van der Waals surface area contributed by atoms with E-state index in [1.54, 1.807) is 12.1 Å². The van der Waals surface area contributed by atoms with Gasteiger partial charge in [-0.2, -0.15) is 0 Å². The Kier molecular flexibility index (Phi) is 5.19. The van der Waals surface area contributed by atoms with E-state index < -0.39 is 5.82 Å². The lowest BCUT2D eigenvalue weighted by Gasteiger charge is -2.07. The Morgan fingerprint density at radius 2 is 2.19 bits per heavy atom. The maximum Gasteiger partial charge on any atom is 0.137 e. The minimum atomic E-state index is -0.430. The third-order valence-electron chi connectivity index (χ3n) is 2.22. The summed E-state index contributed by atoms with van der Waals surface area (Å²) in [5.41, 5.74) is 5.62. The second-order valence-corrected chi connectivity index (χ2v) is 4.00. The standard InChI is InChI=1S/C12H16FNOS/c1-2-3-4-7-15-9-5-6-10(12(14)16)11(13)8-9/h5-6,8H,2-4,7H2,1H3,(H2,14,16). The predicted octanol–water partition coefficient (Wildman–Crippen LogP) is 3.03. The van der Waals surface area contributed by atoms with E-state index >= 15 is 0 Å². The van der Waals surface area contributed by atoms with Gasteiger partial charge in [-0.05, 0) is 18.6 Å². The Balaban J connectivity index is 2.56. The number of halogens is 1. The fourth-order valence-electron chi connectivity index (χ4n) is 1.33. The molecule has 2 nitrogen and oxygen atoms in total. The van der Waals surface area contributed by atoms with E-state index in [0.717, 1.165) is 19.3 Å².